The number of tetrazole rings is 1. The maximum atomic E-state index is 12.0. The molecule has 0 bridgehead atoms. The summed E-state index contributed by atoms with van der Waals surface area (Å²) in [6.45, 7) is 2.77. The highest BCUT2D eigenvalue weighted by atomic mass is 32.2. The number of thioether (sulfide) groups is 1. The molecular weight excluding hydrogens is 326 g/mol. The molecule has 0 aliphatic heterocycles. The lowest BCUT2D eigenvalue weighted by Crippen LogP contribution is -2.33. The molecule has 1 heterocycles. The fourth-order valence-corrected chi connectivity index (χ4v) is 3.24. The lowest BCUT2D eigenvalue weighted by Gasteiger charge is -2.25. The van der Waals surface area contributed by atoms with E-state index in [0.717, 1.165) is 17.8 Å². The molecule has 1 amide bonds. The summed E-state index contributed by atoms with van der Waals surface area (Å²) in [5.74, 6) is 1.64. The van der Waals surface area contributed by atoms with E-state index in [-0.39, 0.29) is 5.91 Å². The zero-order chi connectivity index (χ0) is 16.9. The second-order valence-corrected chi connectivity index (χ2v) is 6.88. The SMILES string of the molecule is COc1ccc(C)cc1-n1nnnc1SCC(=O)NCC1CCC1. The first-order valence-electron chi connectivity index (χ1n) is 8.00. The van der Waals surface area contributed by atoms with Crippen LogP contribution in [0, 0.1) is 12.8 Å². The molecule has 1 aromatic carbocycles. The number of hydrogen-bond acceptors (Lipinski definition) is 6. The summed E-state index contributed by atoms with van der Waals surface area (Å²) in [4.78, 5) is 12.0. The molecule has 24 heavy (non-hydrogen) atoms. The molecule has 0 atom stereocenters. The van der Waals surface area contributed by atoms with E-state index >= 15 is 0 Å². The minimum absolute atomic E-state index is 0.0117. The number of methoxy groups -OCH3 is 1. The highest BCUT2D eigenvalue weighted by Crippen LogP contribution is 2.27. The van der Waals surface area contributed by atoms with Crippen LogP contribution in [-0.4, -0.2) is 45.5 Å². The molecule has 1 aliphatic carbocycles. The Bertz CT molecular complexity index is 714. The van der Waals surface area contributed by atoms with E-state index in [1.165, 1.54) is 31.0 Å². The number of nitrogens with zero attached hydrogens (tertiary/aromatic N) is 4. The summed E-state index contributed by atoms with van der Waals surface area (Å²) in [6, 6.07) is 5.80. The van der Waals surface area contributed by atoms with E-state index in [0.29, 0.717) is 22.6 Å². The first kappa shape index (κ1) is 16.8. The van der Waals surface area contributed by atoms with Gasteiger partial charge in [-0.2, -0.15) is 4.68 Å². The van der Waals surface area contributed by atoms with Gasteiger partial charge in [-0.25, -0.2) is 0 Å². The molecule has 0 saturated heterocycles. The van der Waals surface area contributed by atoms with Crippen molar-refractivity contribution >= 4 is 17.7 Å². The molecule has 7 nitrogen and oxygen atoms in total. The maximum absolute atomic E-state index is 12.0. The first-order valence-corrected chi connectivity index (χ1v) is 8.99. The number of amides is 1. The minimum atomic E-state index is 0.0117. The van der Waals surface area contributed by atoms with Gasteiger partial charge < -0.3 is 10.1 Å². The molecule has 128 valence electrons. The second kappa shape index (κ2) is 7.65. The van der Waals surface area contributed by atoms with Gasteiger partial charge in [0, 0.05) is 6.54 Å². The van der Waals surface area contributed by atoms with E-state index in [4.69, 9.17) is 4.74 Å². The Balaban J connectivity index is 1.64. The summed E-state index contributed by atoms with van der Waals surface area (Å²) in [7, 11) is 1.61. The van der Waals surface area contributed by atoms with Gasteiger partial charge in [0.25, 0.3) is 0 Å². The Morgan fingerprint density at radius 2 is 2.29 bits per heavy atom. The number of rotatable bonds is 7. The largest absolute Gasteiger partial charge is 0.494 e. The standard InChI is InChI=1S/C16H21N5O2S/c1-11-6-7-14(23-2)13(8-11)21-16(18-19-20-21)24-10-15(22)17-9-12-4-3-5-12/h6-8,12H,3-5,9-10H2,1-2H3,(H,17,22). The van der Waals surface area contributed by atoms with E-state index < -0.39 is 0 Å². The van der Waals surface area contributed by atoms with Crippen molar-refractivity contribution in [2.45, 2.75) is 31.3 Å². The number of carbonyl (C=O) groups excluding carboxylic acids is 1. The smallest absolute Gasteiger partial charge is 0.230 e. The predicted octanol–water partition coefficient (Wildman–Crippen LogP) is 1.99. The van der Waals surface area contributed by atoms with Gasteiger partial charge in [0.1, 0.15) is 11.4 Å². The number of benzene rings is 1. The van der Waals surface area contributed by atoms with Crippen molar-refractivity contribution in [2.75, 3.05) is 19.4 Å². The molecule has 0 radical (unpaired) electrons. The van der Waals surface area contributed by atoms with Gasteiger partial charge >= 0.3 is 0 Å². The molecule has 8 heteroatoms. The van der Waals surface area contributed by atoms with Gasteiger partial charge in [-0.3, -0.25) is 4.79 Å². The van der Waals surface area contributed by atoms with Crippen LogP contribution in [0.15, 0.2) is 23.4 Å². The summed E-state index contributed by atoms with van der Waals surface area (Å²) >= 11 is 1.32. The third-order valence-corrected chi connectivity index (χ3v) is 5.07. The van der Waals surface area contributed by atoms with Gasteiger partial charge in [0.2, 0.25) is 11.1 Å². The summed E-state index contributed by atoms with van der Waals surface area (Å²) in [5.41, 5.74) is 1.84. The molecule has 2 aromatic rings. The van der Waals surface area contributed by atoms with Gasteiger partial charge in [-0.1, -0.05) is 24.2 Å². The Morgan fingerprint density at radius 1 is 1.46 bits per heavy atom. The summed E-state index contributed by atoms with van der Waals surface area (Å²) in [5, 5.41) is 15.3. The van der Waals surface area contributed by atoms with Gasteiger partial charge in [-0.15, -0.1) is 5.10 Å². The Morgan fingerprint density at radius 3 is 3.00 bits per heavy atom. The molecular formula is C16H21N5O2S. The number of ether oxygens (including phenoxy) is 1. The number of aromatic nitrogens is 4. The van der Waals surface area contributed by atoms with E-state index in [1.54, 1.807) is 11.8 Å². The third-order valence-electron chi connectivity index (χ3n) is 4.15. The van der Waals surface area contributed by atoms with Crippen molar-refractivity contribution in [3.8, 4) is 11.4 Å². The molecule has 3 rings (SSSR count). The quantitative estimate of drug-likeness (QED) is 0.772. The fraction of sp³-hybridized carbons (Fsp3) is 0.500. The van der Waals surface area contributed by atoms with Crippen molar-refractivity contribution in [3.05, 3.63) is 23.8 Å². The van der Waals surface area contributed by atoms with E-state index in [9.17, 15) is 4.79 Å². The van der Waals surface area contributed by atoms with Crippen LogP contribution < -0.4 is 10.1 Å². The highest BCUT2D eigenvalue weighted by molar-refractivity contribution is 7.99. The molecule has 1 aliphatic rings. The van der Waals surface area contributed by atoms with E-state index in [2.05, 4.69) is 20.8 Å². The van der Waals surface area contributed by atoms with Gasteiger partial charge in [0.05, 0.1) is 12.9 Å². The number of carbonyl (C=O) groups is 1. The van der Waals surface area contributed by atoms with Gasteiger partial charge in [0.15, 0.2) is 0 Å². The van der Waals surface area contributed by atoms with Crippen LogP contribution in [0.5, 0.6) is 5.75 Å². The average Bonchev–Trinajstić information content (AvgIpc) is 2.99. The minimum Gasteiger partial charge on any atom is -0.494 e. The lowest BCUT2D eigenvalue weighted by atomic mass is 9.85. The number of hydrogen-bond donors (Lipinski definition) is 1. The maximum Gasteiger partial charge on any atom is 0.230 e. The predicted molar refractivity (Wildman–Crippen MR) is 91.5 cm³/mol. The third kappa shape index (κ3) is 3.87. The number of nitrogens with one attached hydrogen (secondary N) is 1. The fourth-order valence-electron chi connectivity index (χ4n) is 2.52. The van der Waals surface area contributed by atoms with Crippen LogP contribution in [0.2, 0.25) is 0 Å². The zero-order valence-electron chi connectivity index (χ0n) is 13.9. The van der Waals surface area contributed by atoms with Crippen molar-refractivity contribution in [3.63, 3.8) is 0 Å². The monoisotopic (exact) mass is 347 g/mol. The highest BCUT2D eigenvalue weighted by Gasteiger charge is 2.19. The molecule has 1 aromatic heterocycles. The van der Waals surface area contributed by atoms with E-state index in [1.807, 2.05) is 25.1 Å². The van der Waals surface area contributed by atoms with Gasteiger partial charge in [-0.05, 0) is 53.8 Å². The Labute approximate surface area is 145 Å². The van der Waals surface area contributed by atoms with Crippen molar-refractivity contribution < 1.29 is 9.53 Å². The normalized spacial score (nSPS) is 14.2. The molecule has 1 N–H and O–H groups in total. The van der Waals surface area contributed by atoms with Crippen LogP contribution in [0.25, 0.3) is 5.69 Å². The first-order chi connectivity index (χ1) is 11.7. The topological polar surface area (TPSA) is 81.9 Å². The number of aryl methyl sites for hydroxylation is 1. The van der Waals surface area contributed by atoms with Crippen molar-refractivity contribution in [1.29, 1.82) is 0 Å². The zero-order valence-corrected chi connectivity index (χ0v) is 14.7. The Hall–Kier alpha value is -2.09. The van der Waals surface area contributed by atoms with Crippen LogP contribution in [-0.2, 0) is 4.79 Å². The molecule has 0 spiro atoms. The van der Waals surface area contributed by atoms with Crippen LogP contribution in [0.4, 0.5) is 0 Å². The summed E-state index contributed by atoms with van der Waals surface area (Å²) < 4.78 is 6.99. The van der Waals surface area contributed by atoms with Crippen LogP contribution in [0.1, 0.15) is 24.8 Å². The van der Waals surface area contributed by atoms with Crippen LogP contribution in [0.3, 0.4) is 0 Å². The molecule has 0 unspecified atom stereocenters. The van der Waals surface area contributed by atoms with Crippen molar-refractivity contribution in [2.24, 2.45) is 5.92 Å². The van der Waals surface area contributed by atoms with Crippen LogP contribution >= 0.6 is 11.8 Å². The van der Waals surface area contributed by atoms with Crippen molar-refractivity contribution in [1.82, 2.24) is 25.5 Å². The Kier molecular flexibility index (Phi) is 5.34. The second-order valence-electron chi connectivity index (χ2n) is 5.94. The molecule has 1 saturated carbocycles. The average molecular weight is 347 g/mol. The lowest BCUT2D eigenvalue weighted by molar-refractivity contribution is -0.118. The summed E-state index contributed by atoms with van der Waals surface area (Å²) in [6.07, 6.45) is 3.72. The molecule has 1 fully saturated rings.